The third-order valence-electron chi connectivity index (χ3n) is 7.45. The van der Waals surface area contributed by atoms with Crippen LogP contribution < -0.4 is 9.62 Å². The van der Waals surface area contributed by atoms with Crippen LogP contribution in [0.2, 0.25) is 10.0 Å². The van der Waals surface area contributed by atoms with Gasteiger partial charge in [0.15, 0.2) is 0 Å². The molecule has 4 rings (SSSR count). The molecule has 1 unspecified atom stereocenters. The van der Waals surface area contributed by atoms with Gasteiger partial charge in [0.25, 0.3) is 0 Å². The highest BCUT2D eigenvalue weighted by atomic mass is 35.5. The van der Waals surface area contributed by atoms with Gasteiger partial charge in [0.1, 0.15) is 12.6 Å². The highest BCUT2D eigenvalue weighted by Crippen LogP contribution is 2.34. The molecule has 3 aromatic carbocycles. The van der Waals surface area contributed by atoms with E-state index in [0.29, 0.717) is 0 Å². The average Bonchev–Trinajstić information content (AvgIpc) is 3.45. The van der Waals surface area contributed by atoms with Crippen molar-refractivity contribution in [3.05, 3.63) is 99.5 Å². The minimum atomic E-state index is -3.95. The van der Waals surface area contributed by atoms with Crippen molar-refractivity contribution in [2.45, 2.75) is 57.7 Å². The number of carbonyl (C=O) groups excluding carboxylic acids is 2. The summed E-state index contributed by atoms with van der Waals surface area (Å²) in [6.07, 6.45) is 5.16. The summed E-state index contributed by atoms with van der Waals surface area (Å²) in [5.74, 6) is -0.786. The van der Waals surface area contributed by atoms with E-state index in [4.69, 9.17) is 23.2 Å². The van der Waals surface area contributed by atoms with Crippen LogP contribution in [0.4, 0.5) is 5.69 Å². The third-order valence-corrected chi connectivity index (χ3v) is 9.39. The Morgan fingerprint density at radius 2 is 1.61 bits per heavy atom. The van der Waals surface area contributed by atoms with Gasteiger partial charge in [-0.2, -0.15) is 0 Å². The number of anilines is 1. The molecule has 3 aromatic rings. The van der Waals surface area contributed by atoms with Gasteiger partial charge in [0.05, 0.1) is 22.0 Å². The second-order valence-corrected chi connectivity index (χ2v) is 13.2. The zero-order valence-electron chi connectivity index (χ0n) is 23.2. The van der Waals surface area contributed by atoms with Crippen LogP contribution in [-0.4, -0.2) is 50.0 Å². The molecular formula is C31H35Cl2N3O4S. The number of hydrogen-bond donors (Lipinski definition) is 1. The molecule has 0 saturated heterocycles. The van der Waals surface area contributed by atoms with Crippen LogP contribution in [0.5, 0.6) is 0 Å². The maximum Gasteiger partial charge on any atom is 0.244 e. The van der Waals surface area contributed by atoms with Crippen molar-refractivity contribution in [3.63, 3.8) is 0 Å². The van der Waals surface area contributed by atoms with Gasteiger partial charge >= 0.3 is 0 Å². The number of nitrogens with one attached hydrogen (secondary N) is 1. The molecule has 1 saturated carbocycles. The summed E-state index contributed by atoms with van der Waals surface area (Å²) in [5.41, 5.74) is 2.80. The number of halogens is 2. The molecular weight excluding hydrogens is 581 g/mol. The Balaban J connectivity index is 1.75. The fourth-order valence-corrected chi connectivity index (χ4v) is 6.47. The number of aryl methyl sites for hydroxylation is 1. The largest absolute Gasteiger partial charge is 0.352 e. The lowest BCUT2D eigenvalue weighted by atomic mass is 10.0. The Morgan fingerprint density at radius 3 is 2.27 bits per heavy atom. The highest BCUT2D eigenvalue weighted by Gasteiger charge is 2.35. The minimum absolute atomic E-state index is 0.0256. The van der Waals surface area contributed by atoms with E-state index in [1.54, 1.807) is 12.1 Å². The van der Waals surface area contributed by atoms with E-state index in [2.05, 4.69) is 5.32 Å². The van der Waals surface area contributed by atoms with Crippen LogP contribution in [0.15, 0.2) is 72.8 Å². The van der Waals surface area contributed by atoms with Gasteiger partial charge in [-0.05, 0) is 48.6 Å². The molecule has 0 spiro atoms. The molecule has 1 N–H and O–H groups in total. The summed E-state index contributed by atoms with van der Waals surface area (Å²) in [6, 6.07) is 20.9. The van der Waals surface area contributed by atoms with Gasteiger partial charge in [0, 0.05) is 19.0 Å². The van der Waals surface area contributed by atoms with E-state index in [1.165, 1.54) is 11.0 Å². The number of benzene rings is 3. The van der Waals surface area contributed by atoms with Gasteiger partial charge in [-0.15, -0.1) is 0 Å². The molecule has 0 radical (unpaired) electrons. The Morgan fingerprint density at radius 1 is 0.951 bits per heavy atom. The normalized spacial score (nSPS) is 14.4. The molecule has 0 aliphatic heterocycles. The summed E-state index contributed by atoms with van der Waals surface area (Å²) in [4.78, 5) is 29.6. The molecule has 1 aliphatic rings. The van der Waals surface area contributed by atoms with E-state index >= 15 is 0 Å². The second-order valence-electron chi connectivity index (χ2n) is 10.5. The first-order valence-corrected chi connectivity index (χ1v) is 16.2. The lowest BCUT2D eigenvalue weighted by Crippen LogP contribution is -2.54. The summed E-state index contributed by atoms with van der Waals surface area (Å²) in [6.45, 7) is 1.52. The molecule has 0 bridgehead atoms. The van der Waals surface area contributed by atoms with Crippen molar-refractivity contribution < 1.29 is 18.0 Å². The van der Waals surface area contributed by atoms with Crippen LogP contribution >= 0.6 is 23.2 Å². The van der Waals surface area contributed by atoms with E-state index in [0.717, 1.165) is 52.9 Å². The first-order valence-electron chi connectivity index (χ1n) is 13.6. The van der Waals surface area contributed by atoms with Crippen LogP contribution in [-0.2, 0) is 32.6 Å². The fraction of sp³-hybridized carbons (Fsp3) is 0.355. The van der Waals surface area contributed by atoms with Crippen molar-refractivity contribution in [1.82, 2.24) is 10.2 Å². The summed E-state index contributed by atoms with van der Waals surface area (Å²) < 4.78 is 26.9. The number of nitrogens with zero attached hydrogens (tertiary/aromatic N) is 2. The fourth-order valence-electron chi connectivity index (χ4n) is 5.17. The smallest absolute Gasteiger partial charge is 0.244 e. The molecule has 10 heteroatoms. The van der Waals surface area contributed by atoms with E-state index in [1.807, 2.05) is 61.5 Å². The molecule has 1 atom stereocenters. The molecule has 218 valence electrons. The molecule has 0 aromatic heterocycles. The Kier molecular flexibility index (Phi) is 10.3. The molecule has 2 amide bonds. The zero-order chi connectivity index (χ0) is 29.6. The van der Waals surface area contributed by atoms with Gasteiger partial charge in [-0.1, -0.05) is 96.7 Å². The third kappa shape index (κ3) is 8.03. The van der Waals surface area contributed by atoms with E-state index < -0.39 is 28.5 Å². The van der Waals surface area contributed by atoms with Gasteiger partial charge in [-0.3, -0.25) is 13.9 Å². The average molecular weight is 617 g/mol. The molecule has 41 heavy (non-hydrogen) atoms. The Labute approximate surface area is 252 Å². The molecule has 1 aliphatic carbocycles. The Hall–Kier alpha value is -3.07. The molecule has 7 nitrogen and oxygen atoms in total. The highest BCUT2D eigenvalue weighted by molar-refractivity contribution is 7.92. The van der Waals surface area contributed by atoms with Crippen molar-refractivity contribution >= 4 is 50.7 Å². The lowest BCUT2D eigenvalue weighted by molar-refractivity contribution is -0.140. The van der Waals surface area contributed by atoms with Crippen molar-refractivity contribution in [2.24, 2.45) is 0 Å². The monoisotopic (exact) mass is 615 g/mol. The van der Waals surface area contributed by atoms with E-state index in [9.17, 15) is 18.0 Å². The van der Waals surface area contributed by atoms with Crippen molar-refractivity contribution in [2.75, 3.05) is 17.1 Å². The standard InChI is InChI=1S/C31H35Cl2N3O4S/c1-22-11-6-7-14-24(22)20-35(29(37)21-36(41(2,39)40)27-18-10-17-26(32)30(27)33)28(19-23-12-4-3-5-13-23)31(38)34-25-15-8-9-16-25/h3-7,10-14,17-18,25,28H,8-9,15-16,19-21H2,1-2H3,(H,34,38). The van der Waals surface area contributed by atoms with Crippen molar-refractivity contribution in [1.29, 1.82) is 0 Å². The zero-order valence-corrected chi connectivity index (χ0v) is 25.6. The van der Waals surface area contributed by atoms with Crippen LogP contribution in [0.1, 0.15) is 42.4 Å². The van der Waals surface area contributed by atoms with Gasteiger partial charge < -0.3 is 10.2 Å². The summed E-state index contributed by atoms with van der Waals surface area (Å²) in [5, 5.41) is 3.36. The first-order chi connectivity index (χ1) is 19.5. The topological polar surface area (TPSA) is 86.8 Å². The Bertz CT molecular complexity index is 1480. The van der Waals surface area contributed by atoms with Crippen LogP contribution in [0.25, 0.3) is 0 Å². The van der Waals surface area contributed by atoms with Crippen LogP contribution in [0.3, 0.4) is 0 Å². The number of hydrogen-bond acceptors (Lipinski definition) is 4. The van der Waals surface area contributed by atoms with Gasteiger partial charge in [0.2, 0.25) is 21.8 Å². The SMILES string of the molecule is Cc1ccccc1CN(C(=O)CN(c1cccc(Cl)c1Cl)S(C)(=O)=O)C(Cc1ccccc1)C(=O)NC1CCCC1. The summed E-state index contributed by atoms with van der Waals surface area (Å²) >= 11 is 12.6. The second kappa shape index (κ2) is 13.7. The minimum Gasteiger partial charge on any atom is -0.352 e. The number of carbonyl (C=O) groups is 2. The first kappa shape index (κ1) is 30.9. The van der Waals surface area contributed by atoms with Gasteiger partial charge in [-0.25, -0.2) is 8.42 Å². The number of rotatable bonds is 11. The van der Waals surface area contributed by atoms with Crippen LogP contribution in [0, 0.1) is 6.92 Å². The molecule has 1 fully saturated rings. The number of amides is 2. The number of sulfonamides is 1. The quantitative estimate of drug-likeness (QED) is 0.297. The van der Waals surface area contributed by atoms with E-state index in [-0.39, 0.29) is 40.6 Å². The predicted molar refractivity (Wildman–Crippen MR) is 165 cm³/mol. The van der Waals surface area contributed by atoms with Crippen molar-refractivity contribution in [3.8, 4) is 0 Å². The maximum atomic E-state index is 14.2. The predicted octanol–water partition coefficient (Wildman–Crippen LogP) is 5.77. The molecule has 0 heterocycles. The maximum absolute atomic E-state index is 14.2. The summed E-state index contributed by atoms with van der Waals surface area (Å²) in [7, 11) is -3.95. The lowest BCUT2D eigenvalue weighted by Gasteiger charge is -2.34.